The average molecular weight is 245 g/mol. The second-order valence-electron chi connectivity index (χ2n) is 4.24. The Balaban J connectivity index is 1.97. The molecular formula is C12H15N5O. The molecule has 3 rings (SSSR count). The molecule has 18 heavy (non-hydrogen) atoms. The molecule has 0 radical (unpaired) electrons. The van der Waals surface area contributed by atoms with Gasteiger partial charge in [-0.05, 0) is 24.1 Å². The lowest BCUT2D eigenvalue weighted by Gasteiger charge is -2.24. The molecule has 0 fully saturated rings. The molecule has 1 aliphatic heterocycles. The fourth-order valence-corrected chi connectivity index (χ4v) is 2.25. The van der Waals surface area contributed by atoms with Crippen LogP contribution in [-0.2, 0) is 0 Å². The van der Waals surface area contributed by atoms with Crippen LogP contribution in [0.15, 0.2) is 24.3 Å². The lowest BCUT2D eigenvalue weighted by molar-refractivity contribution is 0.413. The molecule has 0 bridgehead atoms. The Kier molecular flexibility index (Phi) is 2.55. The van der Waals surface area contributed by atoms with E-state index < -0.39 is 0 Å². The van der Waals surface area contributed by atoms with Gasteiger partial charge in [-0.2, -0.15) is 4.98 Å². The lowest BCUT2D eigenvalue weighted by Crippen LogP contribution is -2.24. The van der Waals surface area contributed by atoms with E-state index in [1.807, 2.05) is 16.8 Å². The monoisotopic (exact) mass is 245 g/mol. The van der Waals surface area contributed by atoms with E-state index >= 15 is 0 Å². The molecule has 1 aliphatic rings. The van der Waals surface area contributed by atoms with Crippen molar-refractivity contribution in [3.63, 3.8) is 0 Å². The lowest BCUT2D eigenvalue weighted by atomic mass is 10.0. The average Bonchev–Trinajstić information content (AvgIpc) is 2.79. The number of nitrogen functional groups attached to an aromatic ring is 1. The van der Waals surface area contributed by atoms with Crippen molar-refractivity contribution >= 4 is 11.9 Å². The zero-order valence-corrected chi connectivity index (χ0v) is 10.1. The van der Waals surface area contributed by atoms with Crippen molar-refractivity contribution in [3.8, 4) is 5.75 Å². The minimum atomic E-state index is 0.178. The minimum absolute atomic E-state index is 0.178. The first kappa shape index (κ1) is 10.9. The van der Waals surface area contributed by atoms with E-state index in [2.05, 4.69) is 27.5 Å². The number of methoxy groups -OCH3 is 1. The van der Waals surface area contributed by atoms with Gasteiger partial charge in [0.1, 0.15) is 5.75 Å². The summed E-state index contributed by atoms with van der Waals surface area (Å²) in [6.07, 6.45) is 0.960. The number of nitrogens with two attached hydrogens (primary N) is 1. The number of nitrogens with one attached hydrogen (secondary N) is 1. The van der Waals surface area contributed by atoms with Gasteiger partial charge in [0.05, 0.1) is 13.2 Å². The van der Waals surface area contributed by atoms with Gasteiger partial charge in [0.2, 0.25) is 11.9 Å². The molecule has 2 aromatic rings. The summed E-state index contributed by atoms with van der Waals surface area (Å²) < 4.78 is 7.01. The molecule has 1 aromatic carbocycles. The van der Waals surface area contributed by atoms with E-state index in [0.717, 1.165) is 24.7 Å². The Morgan fingerprint density at radius 2 is 2.17 bits per heavy atom. The summed E-state index contributed by atoms with van der Waals surface area (Å²) in [7, 11) is 1.66. The van der Waals surface area contributed by atoms with Crippen LogP contribution >= 0.6 is 0 Å². The summed E-state index contributed by atoms with van der Waals surface area (Å²) in [5.74, 6) is 1.89. The number of hydrogen-bond donors (Lipinski definition) is 2. The highest BCUT2D eigenvalue weighted by Crippen LogP contribution is 2.29. The Morgan fingerprint density at radius 1 is 1.39 bits per heavy atom. The van der Waals surface area contributed by atoms with Crippen LogP contribution in [0.4, 0.5) is 11.9 Å². The number of benzene rings is 1. The summed E-state index contributed by atoms with van der Waals surface area (Å²) >= 11 is 0. The molecule has 1 unspecified atom stereocenters. The van der Waals surface area contributed by atoms with E-state index in [-0.39, 0.29) is 6.04 Å². The molecule has 94 valence electrons. The number of rotatable bonds is 2. The van der Waals surface area contributed by atoms with Gasteiger partial charge in [0.15, 0.2) is 0 Å². The summed E-state index contributed by atoms with van der Waals surface area (Å²) in [5, 5.41) is 7.43. The topological polar surface area (TPSA) is 78.0 Å². The Hall–Kier alpha value is -2.24. The molecule has 6 heteroatoms. The first-order valence-corrected chi connectivity index (χ1v) is 5.88. The summed E-state index contributed by atoms with van der Waals surface area (Å²) in [6.45, 7) is 0.870. The SMILES string of the molecule is COc1ccc(C2CCNc3nc(N)nn32)cc1. The fourth-order valence-electron chi connectivity index (χ4n) is 2.25. The van der Waals surface area contributed by atoms with Crippen molar-refractivity contribution in [2.45, 2.75) is 12.5 Å². The quantitative estimate of drug-likeness (QED) is 0.833. The minimum Gasteiger partial charge on any atom is -0.497 e. The van der Waals surface area contributed by atoms with Crippen LogP contribution < -0.4 is 15.8 Å². The third-order valence-electron chi connectivity index (χ3n) is 3.14. The largest absolute Gasteiger partial charge is 0.497 e. The zero-order chi connectivity index (χ0) is 12.5. The predicted octanol–water partition coefficient (Wildman–Crippen LogP) is 1.27. The number of aromatic nitrogens is 3. The molecule has 3 N–H and O–H groups in total. The van der Waals surface area contributed by atoms with Crippen molar-refractivity contribution in [3.05, 3.63) is 29.8 Å². The highest BCUT2D eigenvalue weighted by Gasteiger charge is 2.23. The maximum atomic E-state index is 5.64. The molecular weight excluding hydrogens is 230 g/mol. The fraction of sp³-hybridized carbons (Fsp3) is 0.333. The summed E-state index contributed by atoms with van der Waals surface area (Å²) in [6, 6.07) is 8.19. The maximum Gasteiger partial charge on any atom is 0.241 e. The van der Waals surface area contributed by atoms with Gasteiger partial charge in [-0.3, -0.25) is 0 Å². The first-order valence-electron chi connectivity index (χ1n) is 5.88. The van der Waals surface area contributed by atoms with Crippen LogP contribution in [0.5, 0.6) is 5.75 Å². The van der Waals surface area contributed by atoms with Crippen molar-refractivity contribution < 1.29 is 4.74 Å². The van der Waals surface area contributed by atoms with E-state index in [9.17, 15) is 0 Å². The Labute approximate surface area is 105 Å². The Morgan fingerprint density at radius 3 is 2.89 bits per heavy atom. The molecule has 0 amide bonds. The van der Waals surface area contributed by atoms with Crippen LogP contribution in [-0.4, -0.2) is 28.4 Å². The zero-order valence-electron chi connectivity index (χ0n) is 10.1. The van der Waals surface area contributed by atoms with Crippen LogP contribution in [0.2, 0.25) is 0 Å². The van der Waals surface area contributed by atoms with Crippen molar-refractivity contribution in [2.75, 3.05) is 24.7 Å². The summed E-state index contributed by atoms with van der Waals surface area (Å²) in [5.41, 5.74) is 6.82. The maximum absolute atomic E-state index is 5.64. The highest BCUT2D eigenvalue weighted by atomic mass is 16.5. The number of anilines is 2. The van der Waals surface area contributed by atoms with E-state index in [1.54, 1.807) is 7.11 Å². The second-order valence-corrected chi connectivity index (χ2v) is 4.24. The molecule has 6 nitrogen and oxygen atoms in total. The van der Waals surface area contributed by atoms with Crippen LogP contribution in [0, 0.1) is 0 Å². The molecule has 0 aliphatic carbocycles. The van der Waals surface area contributed by atoms with Crippen molar-refractivity contribution in [1.82, 2.24) is 14.8 Å². The predicted molar refractivity (Wildman–Crippen MR) is 68.7 cm³/mol. The van der Waals surface area contributed by atoms with Crippen LogP contribution in [0.25, 0.3) is 0 Å². The van der Waals surface area contributed by atoms with Gasteiger partial charge >= 0.3 is 0 Å². The number of nitrogens with zero attached hydrogens (tertiary/aromatic N) is 3. The smallest absolute Gasteiger partial charge is 0.241 e. The third-order valence-corrected chi connectivity index (χ3v) is 3.14. The molecule has 0 saturated heterocycles. The van der Waals surface area contributed by atoms with Crippen LogP contribution in [0.1, 0.15) is 18.0 Å². The second kappa shape index (κ2) is 4.21. The van der Waals surface area contributed by atoms with E-state index in [0.29, 0.717) is 5.95 Å². The summed E-state index contributed by atoms with van der Waals surface area (Å²) in [4.78, 5) is 4.15. The van der Waals surface area contributed by atoms with Gasteiger partial charge in [0, 0.05) is 6.54 Å². The third kappa shape index (κ3) is 1.75. The Bertz CT molecular complexity index is 548. The number of hydrogen-bond acceptors (Lipinski definition) is 5. The number of fused-ring (bicyclic) bond motifs is 1. The van der Waals surface area contributed by atoms with Gasteiger partial charge < -0.3 is 15.8 Å². The highest BCUT2D eigenvalue weighted by molar-refractivity contribution is 5.38. The first-order chi connectivity index (χ1) is 8.78. The van der Waals surface area contributed by atoms with Gasteiger partial charge in [-0.15, -0.1) is 5.10 Å². The van der Waals surface area contributed by atoms with Gasteiger partial charge in [-0.25, -0.2) is 4.68 Å². The molecule has 2 heterocycles. The van der Waals surface area contributed by atoms with E-state index in [4.69, 9.17) is 10.5 Å². The van der Waals surface area contributed by atoms with Gasteiger partial charge in [-0.1, -0.05) is 12.1 Å². The molecule has 1 atom stereocenters. The van der Waals surface area contributed by atoms with Crippen molar-refractivity contribution in [1.29, 1.82) is 0 Å². The molecule has 0 saturated carbocycles. The van der Waals surface area contributed by atoms with E-state index in [1.165, 1.54) is 5.56 Å². The standard InChI is InChI=1S/C12H15N5O/c1-18-9-4-2-8(3-5-9)10-6-7-14-12-15-11(13)16-17(10)12/h2-5,10H,6-7H2,1H3,(H3,13,14,15,16). The van der Waals surface area contributed by atoms with Crippen molar-refractivity contribution in [2.24, 2.45) is 0 Å². The number of ether oxygens (including phenoxy) is 1. The molecule has 0 spiro atoms. The molecule has 1 aromatic heterocycles. The van der Waals surface area contributed by atoms with Gasteiger partial charge in [0.25, 0.3) is 0 Å². The normalized spacial score (nSPS) is 17.9. The van der Waals surface area contributed by atoms with Crippen LogP contribution in [0.3, 0.4) is 0 Å².